The van der Waals surface area contributed by atoms with Gasteiger partial charge in [0.2, 0.25) is 5.13 Å². The fraction of sp³-hybridized carbons (Fsp3) is 0.800. The maximum Gasteiger partial charge on any atom is 0.202 e. The lowest BCUT2D eigenvalue weighted by Gasteiger charge is -2.20. The molecule has 1 unspecified atom stereocenters. The van der Waals surface area contributed by atoms with E-state index in [1.165, 1.54) is 11.5 Å². The van der Waals surface area contributed by atoms with Crippen molar-refractivity contribution in [2.75, 3.05) is 11.9 Å². The molecule has 1 rings (SSSR count). The Morgan fingerprint density at radius 3 is 2.67 bits per heavy atom. The van der Waals surface area contributed by atoms with Gasteiger partial charge < -0.3 is 10.4 Å². The third-order valence-electron chi connectivity index (χ3n) is 2.34. The van der Waals surface area contributed by atoms with Crippen molar-refractivity contribution in [2.24, 2.45) is 5.92 Å². The Morgan fingerprint density at radius 2 is 2.20 bits per heavy atom. The first-order valence-electron chi connectivity index (χ1n) is 5.37. The van der Waals surface area contributed by atoms with Gasteiger partial charge in [0.25, 0.3) is 0 Å². The number of hydrogen-bond acceptors (Lipinski definition) is 5. The van der Waals surface area contributed by atoms with Crippen LogP contribution in [0.3, 0.4) is 0 Å². The van der Waals surface area contributed by atoms with E-state index >= 15 is 0 Å². The van der Waals surface area contributed by atoms with Crippen molar-refractivity contribution in [3.63, 3.8) is 0 Å². The summed E-state index contributed by atoms with van der Waals surface area (Å²) >= 11 is 1.39. The largest absolute Gasteiger partial charge is 0.396 e. The lowest BCUT2D eigenvalue weighted by Crippen LogP contribution is -2.26. The summed E-state index contributed by atoms with van der Waals surface area (Å²) in [6.45, 7) is 6.51. The van der Waals surface area contributed by atoms with Gasteiger partial charge in [0, 0.05) is 30.6 Å². The SMILES string of the molecule is CCc1nsc(NC(CCO)C(C)C)n1. The minimum Gasteiger partial charge on any atom is -0.396 e. The number of aliphatic hydroxyl groups excluding tert-OH is 1. The molecule has 0 aliphatic carbocycles. The fourth-order valence-electron chi connectivity index (χ4n) is 1.33. The molecule has 0 aliphatic heterocycles. The molecule has 0 fully saturated rings. The molecule has 0 aromatic carbocycles. The first kappa shape index (κ1) is 12.4. The number of nitrogens with zero attached hydrogens (tertiary/aromatic N) is 2. The number of aryl methyl sites for hydroxylation is 1. The first-order valence-corrected chi connectivity index (χ1v) is 6.14. The van der Waals surface area contributed by atoms with Gasteiger partial charge in [-0.3, -0.25) is 0 Å². The lowest BCUT2D eigenvalue weighted by atomic mass is 10.0. The van der Waals surface area contributed by atoms with Crippen LogP contribution >= 0.6 is 11.5 Å². The Hall–Kier alpha value is -0.680. The van der Waals surface area contributed by atoms with Gasteiger partial charge in [-0.2, -0.15) is 4.37 Å². The number of hydrogen-bond donors (Lipinski definition) is 2. The fourth-order valence-corrected chi connectivity index (χ4v) is 2.04. The molecule has 0 saturated carbocycles. The highest BCUT2D eigenvalue weighted by molar-refractivity contribution is 7.09. The summed E-state index contributed by atoms with van der Waals surface area (Å²) in [5, 5.41) is 13.1. The minimum absolute atomic E-state index is 0.204. The number of rotatable bonds is 6. The molecule has 0 saturated heterocycles. The second-order valence-electron chi connectivity index (χ2n) is 3.88. The highest BCUT2D eigenvalue weighted by Gasteiger charge is 2.14. The minimum atomic E-state index is 0.204. The molecule has 0 radical (unpaired) electrons. The van der Waals surface area contributed by atoms with Crippen molar-refractivity contribution in [1.29, 1.82) is 0 Å². The average Bonchev–Trinajstić information content (AvgIpc) is 2.65. The summed E-state index contributed by atoms with van der Waals surface area (Å²) in [6, 6.07) is 0.271. The van der Waals surface area contributed by atoms with Crippen LogP contribution in [0, 0.1) is 5.92 Å². The van der Waals surface area contributed by atoms with Gasteiger partial charge in [0.05, 0.1) is 0 Å². The van der Waals surface area contributed by atoms with Gasteiger partial charge in [-0.05, 0) is 12.3 Å². The van der Waals surface area contributed by atoms with E-state index in [1.807, 2.05) is 6.92 Å². The molecular weight excluding hydrogens is 210 g/mol. The van der Waals surface area contributed by atoms with Gasteiger partial charge in [0.15, 0.2) is 0 Å². The Kier molecular flexibility index (Phi) is 4.98. The quantitative estimate of drug-likeness (QED) is 0.782. The number of anilines is 1. The van der Waals surface area contributed by atoms with E-state index in [4.69, 9.17) is 5.11 Å². The number of aromatic nitrogens is 2. The first-order chi connectivity index (χ1) is 7.17. The number of aliphatic hydroxyl groups is 1. The van der Waals surface area contributed by atoms with Crippen LogP contribution in [0.2, 0.25) is 0 Å². The molecule has 1 aromatic rings. The van der Waals surface area contributed by atoms with E-state index in [0.29, 0.717) is 5.92 Å². The van der Waals surface area contributed by atoms with Crippen LogP contribution in [0.25, 0.3) is 0 Å². The van der Waals surface area contributed by atoms with Crippen LogP contribution in [-0.2, 0) is 6.42 Å². The summed E-state index contributed by atoms with van der Waals surface area (Å²) < 4.78 is 4.21. The molecule has 0 bridgehead atoms. The molecule has 0 amide bonds. The van der Waals surface area contributed by atoms with Gasteiger partial charge in [-0.25, -0.2) is 4.98 Å². The van der Waals surface area contributed by atoms with Gasteiger partial charge in [-0.1, -0.05) is 20.8 Å². The Balaban J connectivity index is 2.57. The van der Waals surface area contributed by atoms with E-state index in [0.717, 1.165) is 23.8 Å². The summed E-state index contributed by atoms with van der Waals surface area (Å²) in [5.41, 5.74) is 0. The van der Waals surface area contributed by atoms with Crippen LogP contribution in [0.1, 0.15) is 33.0 Å². The topological polar surface area (TPSA) is 58.0 Å². The third-order valence-corrected chi connectivity index (χ3v) is 3.02. The molecule has 86 valence electrons. The Bertz CT molecular complexity index is 288. The van der Waals surface area contributed by atoms with Crippen molar-refractivity contribution < 1.29 is 5.11 Å². The monoisotopic (exact) mass is 229 g/mol. The average molecular weight is 229 g/mol. The lowest BCUT2D eigenvalue weighted by molar-refractivity contribution is 0.267. The zero-order chi connectivity index (χ0) is 11.3. The molecule has 0 aliphatic rings. The zero-order valence-corrected chi connectivity index (χ0v) is 10.3. The van der Waals surface area contributed by atoms with Crippen LogP contribution in [0.5, 0.6) is 0 Å². The predicted octanol–water partition coefficient (Wildman–Crippen LogP) is 1.92. The van der Waals surface area contributed by atoms with E-state index in [1.54, 1.807) is 0 Å². The van der Waals surface area contributed by atoms with Crippen molar-refractivity contribution in [1.82, 2.24) is 9.36 Å². The van der Waals surface area contributed by atoms with Crippen LogP contribution in [-0.4, -0.2) is 27.1 Å². The summed E-state index contributed by atoms with van der Waals surface area (Å²) in [7, 11) is 0. The van der Waals surface area contributed by atoms with Crippen LogP contribution in [0.15, 0.2) is 0 Å². The van der Waals surface area contributed by atoms with Gasteiger partial charge in [0.1, 0.15) is 5.82 Å². The van der Waals surface area contributed by atoms with Gasteiger partial charge >= 0.3 is 0 Å². The smallest absolute Gasteiger partial charge is 0.202 e. The maximum atomic E-state index is 8.94. The normalized spacial score (nSPS) is 13.1. The summed E-state index contributed by atoms with van der Waals surface area (Å²) in [4.78, 5) is 4.35. The molecule has 5 heteroatoms. The van der Waals surface area contributed by atoms with Gasteiger partial charge in [-0.15, -0.1) is 0 Å². The molecular formula is C10H19N3OS. The molecule has 1 aromatic heterocycles. The maximum absolute atomic E-state index is 8.94. The summed E-state index contributed by atoms with van der Waals surface area (Å²) in [6.07, 6.45) is 1.61. The van der Waals surface area contributed by atoms with Crippen molar-refractivity contribution in [2.45, 2.75) is 39.7 Å². The van der Waals surface area contributed by atoms with E-state index in [2.05, 4.69) is 28.5 Å². The molecule has 4 nitrogen and oxygen atoms in total. The zero-order valence-electron chi connectivity index (χ0n) is 9.53. The highest BCUT2D eigenvalue weighted by atomic mass is 32.1. The third kappa shape index (κ3) is 3.76. The van der Waals surface area contributed by atoms with Crippen LogP contribution in [0.4, 0.5) is 5.13 Å². The molecule has 1 heterocycles. The predicted molar refractivity (Wildman–Crippen MR) is 63.2 cm³/mol. The van der Waals surface area contributed by atoms with Crippen molar-refractivity contribution in [3.05, 3.63) is 5.82 Å². The summed E-state index contributed by atoms with van der Waals surface area (Å²) in [5.74, 6) is 1.36. The van der Waals surface area contributed by atoms with Crippen LogP contribution < -0.4 is 5.32 Å². The Morgan fingerprint density at radius 1 is 1.47 bits per heavy atom. The molecule has 2 N–H and O–H groups in total. The van der Waals surface area contributed by atoms with Crippen molar-refractivity contribution >= 4 is 16.7 Å². The standard InChI is InChI=1S/C10H19N3OS/c1-4-9-12-10(15-13-9)11-8(5-6-14)7(2)3/h7-8,14H,4-6H2,1-3H3,(H,11,12,13). The van der Waals surface area contributed by atoms with E-state index < -0.39 is 0 Å². The molecule has 15 heavy (non-hydrogen) atoms. The van der Waals surface area contributed by atoms with E-state index in [9.17, 15) is 0 Å². The van der Waals surface area contributed by atoms with E-state index in [-0.39, 0.29) is 12.6 Å². The Labute approximate surface area is 94.9 Å². The molecule has 1 atom stereocenters. The second kappa shape index (κ2) is 6.02. The number of nitrogens with one attached hydrogen (secondary N) is 1. The molecule has 0 spiro atoms. The van der Waals surface area contributed by atoms with Crippen molar-refractivity contribution in [3.8, 4) is 0 Å². The highest BCUT2D eigenvalue weighted by Crippen LogP contribution is 2.17. The second-order valence-corrected chi connectivity index (χ2v) is 4.63.